The molecule has 132 valence electrons. The molecule has 1 aromatic carbocycles. The van der Waals surface area contributed by atoms with Gasteiger partial charge >= 0.3 is 0 Å². The number of unbranched alkanes of at least 4 members (excludes halogenated alkanes) is 3. The van der Waals surface area contributed by atoms with Crippen molar-refractivity contribution in [3.05, 3.63) is 58.3 Å². The van der Waals surface area contributed by atoms with Crippen molar-refractivity contribution in [2.24, 2.45) is 0 Å². The maximum Gasteiger partial charge on any atom is 0.0914 e. The molecule has 4 heteroatoms. The van der Waals surface area contributed by atoms with Crippen LogP contribution in [0.5, 0.6) is 0 Å². The van der Waals surface area contributed by atoms with E-state index >= 15 is 0 Å². The molecule has 0 aliphatic rings. The van der Waals surface area contributed by atoms with Gasteiger partial charge in [0, 0.05) is 24.4 Å². The van der Waals surface area contributed by atoms with Crippen LogP contribution in [-0.2, 0) is 11.2 Å². The number of benzene rings is 1. The Morgan fingerprint density at radius 3 is 2.58 bits per heavy atom. The summed E-state index contributed by atoms with van der Waals surface area (Å²) in [7, 11) is 0. The summed E-state index contributed by atoms with van der Waals surface area (Å²) < 4.78 is 5.67. The highest BCUT2D eigenvalue weighted by atomic mass is 32.1. The SMILES string of the molecule is OC(CNCCCCCCOCCc1cccs1)c1ccccc1. The molecule has 1 heterocycles. The van der Waals surface area contributed by atoms with E-state index in [1.807, 2.05) is 30.3 Å². The van der Waals surface area contributed by atoms with Gasteiger partial charge in [-0.25, -0.2) is 0 Å². The van der Waals surface area contributed by atoms with Crippen molar-refractivity contribution in [3.63, 3.8) is 0 Å². The quantitative estimate of drug-likeness (QED) is 0.534. The summed E-state index contributed by atoms with van der Waals surface area (Å²) in [5.74, 6) is 0. The molecule has 0 spiro atoms. The van der Waals surface area contributed by atoms with Crippen LogP contribution in [0.2, 0.25) is 0 Å². The van der Waals surface area contributed by atoms with Crippen LogP contribution in [0.1, 0.15) is 42.2 Å². The number of hydrogen-bond donors (Lipinski definition) is 2. The molecule has 0 amide bonds. The normalized spacial score (nSPS) is 12.4. The van der Waals surface area contributed by atoms with Gasteiger partial charge in [0.25, 0.3) is 0 Å². The molecule has 2 N–H and O–H groups in total. The predicted octanol–water partition coefficient (Wildman–Crippen LogP) is 4.19. The Kier molecular flexibility index (Phi) is 9.73. The lowest BCUT2D eigenvalue weighted by Gasteiger charge is -2.12. The van der Waals surface area contributed by atoms with Gasteiger partial charge in [-0.15, -0.1) is 11.3 Å². The van der Waals surface area contributed by atoms with E-state index in [0.717, 1.165) is 44.6 Å². The number of nitrogens with one attached hydrogen (secondary N) is 1. The van der Waals surface area contributed by atoms with Crippen LogP contribution in [0.4, 0.5) is 0 Å². The zero-order valence-corrected chi connectivity index (χ0v) is 15.1. The average molecular weight is 348 g/mol. The molecule has 1 unspecified atom stereocenters. The van der Waals surface area contributed by atoms with E-state index in [2.05, 4.69) is 22.8 Å². The van der Waals surface area contributed by atoms with Gasteiger partial charge in [0.2, 0.25) is 0 Å². The first-order valence-corrected chi connectivity index (χ1v) is 9.78. The highest BCUT2D eigenvalue weighted by Crippen LogP contribution is 2.11. The van der Waals surface area contributed by atoms with Gasteiger partial charge in [0.05, 0.1) is 12.7 Å². The second kappa shape index (κ2) is 12.2. The first kappa shape index (κ1) is 19.1. The third-order valence-electron chi connectivity index (χ3n) is 3.99. The molecule has 3 nitrogen and oxygen atoms in total. The first-order chi connectivity index (χ1) is 11.9. The number of hydrogen-bond acceptors (Lipinski definition) is 4. The molecule has 1 atom stereocenters. The van der Waals surface area contributed by atoms with Gasteiger partial charge in [-0.1, -0.05) is 49.2 Å². The van der Waals surface area contributed by atoms with Crippen LogP contribution in [0.15, 0.2) is 47.8 Å². The Hall–Kier alpha value is -1.20. The van der Waals surface area contributed by atoms with E-state index in [0.29, 0.717) is 6.54 Å². The third-order valence-corrected chi connectivity index (χ3v) is 4.92. The Morgan fingerprint density at radius 2 is 1.79 bits per heavy atom. The van der Waals surface area contributed by atoms with Crippen molar-refractivity contribution in [1.82, 2.24) is 5.32 Å². The first-order valence-electron chi connectivity index (χ1n) is 8.90. The molecule has 0 fully saturated rings. The van der Waals surface area contributed by atoms with Crippen molar-refractivity contribution in [2.75, 3.05) is 26.3 Å². The smallest absolute Gasteiger partial charge is 0.0914 e. The Bertz CT molecular complexity index is 516. The average Bonchev–Trinajstić information content (AvgIpc) is 3.13. The van der Waals surface area contributed by atoms with E-state index < -0.39 is 6.10 Å². The van der Waals surface area contributed by atoms with Gasteiger partial charge in [0.1, 0.15) is 0 Å². The van der Waals surface area contributed by atoms with Gasteiger partial charge in [-0.05, 0) is 36.4 Å². The number of thiophene rings is 1. The molecular weight excluding hydrogens is 318 g/mol. The summed E-state index contributed by atoms with van der Waals surface area (Å²) in [6.45, 7) is 3.28. The summed E-state index contributed by atoms with van der Waals surface area (Å²) in [6, 6.07) is 14.1. The minimum Gasteiger partial charge on any atom is -0.387 e. The lowest BCUT2D eigenvalue weighted by molar-refractivity contribution is 0.133. The number of rotatable bonds is 13. The fourth-order valence-corrected chi connectivity index (χ4v) is 3.26. The van der Waals surface area contributed by atoms with Crippen LogP contribution < -0.4 is 5.32 Å². The fourth-order valence-electron chi connectivity index (χ4n) is 2.57. The second-order valence-corrected chi connectivity index (χ2v) is 7.02. The topological polar surface area (TPSA) is 41.5 Å². The molecule has 0 aliphatic carbocycles. The number of aliphatic hydroxyl groups excluding tert-OH is 1. The van der Waals surface area contributed by atoms with Crippen LogP contribution in [0.3, 0.4) is 0 Å². The van der Waals surface area contributed by atoms with E-state index in [4.69, 9.17) is 4.74 Å². The summed E-state index contributed by atoms with van der Waals surface area (Å²) in [6.07, 6.45) is 5.33. The number of aliphatic hydroxyl groups is 1. The molecule has 2 aromatic rings. The molecular formula is C20H29NO2S. The maximum atomic E-state index is 10.0. The maximum absolute atomic E-state index is 10.0. The van der Waals surface area contributed by atoms with E-state index in [-0.39, 0.29) is 0 Å². The Balaban J connectivity index is 1.35. The molecule has 2 rings (SSSR count). The number of ether oxygens (including phenoxy) is 1. The summed E-state index contributed by atoms with van der Waals surface area (Å²) in [4.78, 5) is 1.40. The highest BCUT2D eigenvalue weighted by molar-refractivity contribution is 7.09. The monoisotopic (exact) mass is 347 g/mol. The van der Waals surface area contributed by atoms with E-state index in [1.54, 1.807) is 11.3 Å². The minimum atomic E-state index is -0.414. The van der Waals surface area contributed by atoms with Crippen LogP contribution >= 0.6 is 11.3 Å². The molecule has 1 aromatic heterocycles. The van der Waals surface area contributed by atoms with Gasteiger partial charge in [-0.3, -0.25) is 0 Å². The van der Waals surface area contributed by atoms with Crippen molar-refractivity contribution < 1.29 is 9.84 Å². The largest absolute Gasteiger partial charge is 0.387 e. The molecule has 0 radical (unpaired) electrons. The molecule has 0 saturated heterocycles. The second-order valence-electron chi connectivity index (χ2n) is 5.99. The molecule has 0 saturated carbocycles. The van der Waals surface area contributed by atoms with Crippen molar-refractivity contribution in [2.45, 2.75) is 38.2 Å². The standard InChI is InChI=1S/C20H29NO2S/c22-20(18-9-4-3-5-10-18)17-21-13-6-1-2-7-14-23-15-12-19-11-8-16-24-19/h3-5,8-11,16,20-22H,1-2,6-7,12-15,17H2. The van der Waals surface area contributed by atoms with E-state index in [9.17, 15) is 5.11 Å². The van der Waals surface area contributed by atoms with Crippen LogP contribution in [-0.4, -0.2) is 31.4 Å². The van der Waals surface area contributed by atoms with Crippen LogP contribution in [0, 0.1) is 0 Å². The lowest BCUT2D eigenvalue weighted by atomic mass is 10.1. The molecule has 24 heavy (non-hydrogen) atoms. The Labute approximate surface area is 149 Å². The highest BCUT2D eigenvalue weighted by Gasteiger charge is 2.05. The van der Waals surface area contributed by atoms with Crippen molar-refractivity contribution >= 4 is 11.3 Å². The van der Waals surface area contributed by atoms with Crippen LogP contribution in [0.25, 0.3) is 0 Å². The van der Waals surface area contributed by atoms with Gasteiger partial charge < -0.3 is 15.2 Å². The van der Waals surface area contributed by atoms with Crippen molar-refractivity contribution in [3.8, 4) is 0 Å². The summed E-state index contributed by atoms with van der Waals surface area (Å²) in [5.41, 5.74) is 0.977. The summed E-state index contributed by atoms with van der Waals surface area (Å²) >= 11 is 1.80. The minimum absolute atomic E-state index is 0.414. The molecule has 0 bridgehead atoms. The third kappa shape index (κ3) is 8.06. The fraction of sp³-hybridized carbons (Fsp3) is 0.500. The Morgan fingerprint density at radius 1 is 0.958 bits per heavy atom. The molecule has 0 aliphatic heterocycles. The zero-order chi connectivity index (χ0) is 16.9. The van der Waals surface area contributed by atoms with Gasteiger partial charge in [-0.2, -0.15) is 0 Å². The van der Waals surface area contributed by atoms with Gasteiger partial charge in [0.15, 0.2) is 0 Å². The van der Waals surface area contributed by atoms with Crippen molar-refractivity contribution in [1.29, 1.82) is 0 Å². The van der Waals surface area contributed by atoms with E-state index in [1.165, 1.54) is 17.7 Å². The lowest BCUT2D eigenvalue weighted by Crippen LogP contribution is -2.22. The zero-order valence-electron chi connectivity index (χ0n) is 14.3. The predicted molar refractivity (Wildman–Crippen MR) is 102 cm³/mol. The summed E-state index contributed by atoms with van der Waals surface area (Å²) in [5, 5.41) is 15.5.